The fraction of sp³-hybridized carbons (Fsp3) is 0.273. The Morgan fingerprint density at radius 3 is 2.89 bits per heavy atom. The van der Waals surface area contributed by atoms with Gasteiger partial charge in [0.25, 0.3) is 0 Å². The Morgan fingerprint density at radius 1 is 1.21 bits per heavy atom. The number of imidazole rings is 1. The lowest BCUT2D eigenvalue weighted by atomic mass is 10.4. The fourth-order valence-electron chi connectivity index (χ4n) is 1.93. The largest absolute Gasteiger partial charge is 0.382 e. The minimum absolute atomic E-state index is 0.405. The summed E-state index contributed by atoms with van der Waals surface area (Å²) in [6.07, 6.45) is 7.50. The molecular formula is C11H12ClN7. The van der Waals surface area contributed by atoms with Crippen molar-refractivity contribution in [3.05, 3.63) is 30.1 Å². The summed E-state index contributed by atoms with van der Waals surface area (Å²) in [5.41, 5.74) is 7.14. The summed E-state index contributed by atoms with van der Waals surface area (Å²) < 4.78 is 3.77. The highest BCUT2D eigenvalue weighted by Gasteiger charge is 2.07. The summed E-state index contributed by atoms with van der Waals surface area (Å²) in [6, 6.07) is 0. The Morgan fingerprint density at radius 2 is 2.11 bits per heavy atom. The molecule has 0 amide bonds. The van der Waals surface area contributed by atoms with Gasteiger partial charge in [-0.05, 0) is 6.42 Å². The van der Waals surface area contributed by atoms with Gasteiger partial charge >= 0.3 is 0 Å². The molecule has 3 rings (SSSR count). The molecule has 0 aliphatic carbocycles. The zero-order valence-corrected chi connectivity index (χ0v) is 10.8. The predicted molar refractivity (Wildman–Crippen MR) is 71.6 cm³/mol. The van der Waals surface area contributed by atoms with Crippen molar-refractivity contribution < 1.29 is 0 Å². The van der Waals surface area contributed by atoms with Crippen molar-refractivity contribution in [2.45, 2.75) is 19.5 Å². The second-order valence-corrected chi connectivity index (χ2v) is 4.58. The molecule has 0 aromatic carbocycles. The maximum atomic E-state index is 5.81. The Labute approximate surface area is 114 Å². The highest BCUT2D eigenvalue weighted by molar-refractivity contribution is 6.30. The standard InChI is InChI=1S/C11H12ClN7/c12-8-4-17-19(5-8)3-1-2-18-7-16-9-10(13)14-6-15-11(9)18/h4-7H,1-3H2,(H2,13,14,15). The fourth-order valence-corrected chi connectivity index (χ4v) is 2.08. The molecule has 0 unspecified atom stereocenters. The third-order valence-electron chi connectivity index (χ3n) is 2.82. The minimum atomic E-state index is 0.405. The number of anilines is 1. The molecule has 0 spiro atoms. The van der Waals surface area contributed by atoms with Gasteiger partial charge in [0.1, 0.15) is 11.8 Å². The van der Waals surface area contributed by atoms with E-state index in [0.717, 1.165) is 25.2 Å². The number of rotatable bonds is 4. The highest BCUT2D eigenvalue weighted by atomic mass is 35.5. The average Bonchev–Trinajstić information content (AvgIpc) is 2.98. The molecule has 98 valence electrons. The van der Waals surface area contributed by atoms with E-state index in [1.54, 1.807) is 18.7 Å². The molecule has 0 aliphatic heterocycles. The van der Waals surface area contributed by atoms with Crippen molar-refractivity contribution in [1.29, 1.82) is 0 Å². The molecule has 7 nitrogen and oxygen atoms in total. The van der Waals surface area contributed by atoms with Crippen LogP contribution in [0.5, 0.6) is 0 Å². The van der Waals surface area contributed by atoms with Gasteiger partial charge in [0, 0.05) is 19.3 Å². The highest BCUT2D eigenvalue weighted by Crippen LogP contribution is 2.14. The van der Waals surface area contributed by atoms with Crippen LogP contribution in [0.3, 0.4) is 0 Å². The lowest BCUT2D eigenvalue weighted by molar-refractivity contribution is 0.531. The van der Waals surface area contributed by atoms with Gasteiger partial charge in [-0.2, -0.15) is 5.10 Å². The summed E-state index contributed by atoms with van der Waals surface area (Å²) in [6.45, 7) is 1.57. The van der Waals surface area contributed by atoms with Crippen LogP contribution in [0.4, 0.5) is 5.82 Å². The van der Waals surface area contributed by atoms with Gasteiger partial charge in [0.2, 0.25) is 0 Å². The quantitative estimate of drug-likeness (QED) is 0.778. The normalized spacial score (nSPS) is 11.2. The first-order chi connectivity index (χ1) is 9.24. The lowest BCUT2D eigenvalue weighted by Crippen LogP contribution is -2.04. The number of nitrogens with two attached hydrogens (primary N) is 1. The Hall–Kier alpha value is -2.15. The van der Waals surface area contributed by atoms with Gasteiger partial charge in [0.15, 0.2) is 11.5 Å². The molecule has 0 aliphatic rings. The van der Waals surface area contributed by atoms with Crippen LogP contribution in [0.1, 0.15) is 6.42 Å². The monoisotopic (exact) mass is 277 g/mol. The number of nitrogens with zero attached hydrogens (tertiary/aromatic N) is 6. The average molecular weight is 278 g/mol. The number of nitrogen functional groups attached to an aromatic ring is 1. The lowest BCUT2D eigenvalue weighted by Gasteiger charge is -2.04. The van der Waals surface area contributed by atoms with E-state index < -0.39 is 0 Å². The Balaban J connectivity index is 1.70. The second kappa shape index (κ2) is 4.85. The molecule has 0 radical (unpaired) electrons. The third-order valence-corrected chi connectivity index (χ3v) is 3.01. The number of fused-ring (bicyclic) bond motifs is 1. The van der Waals surface area contributed by atoms with Gasteiger partial charge < -0.3 is 10.3 Å². The molecule has 0 atom stereocenters. The smallest absolute Gasteiger partial charge is 0.165 e. The van der Waals surface area contributed by atoms with Crippen LogP contribution < -0.4 is 5.73 Å². The second-order valence-electron chi connectivity index (χ2n) is 4.14. The maximum Gasteiger partial charge on any atom is 0.165 e. The van der Waals surface area contributed by atoms with Crippen LogP contribution in [-0.4, -0.2) is 29.3 Å². The minimum Gasteiger partial charge on any atom is -0.382 e. The zero-order chi connectivity index (χ0) is 13.2. The van der Waals surface area contributed by atoms with E-state index in [9.17, 15) is 0 Å². The molecule has 0 saturated heterocycles. The zero-order valence-electron chi connectivity index (χ0n) is 10.1. The van der Waals surface area contributed by atoms with Crippen LogP contribution in [0, 0.1) is 0 Å². The molecule has 2 N–H and O–H groups in total. The number of hydrogen-bond acceptors (Lipinski definition) is 5. The van der Waals surface area contributed by atoms with Gasteiger partial charge in [-0.3, -0.25) is 4.68 Å². The van der Waals surface area contributed by atoms with Crippen molar-refractivity contribution in [2.75, 3.05) is 5.73 Å². The van der Waals surface area contributed by atoms with E-state index >= 15 is 0 Å². The Kier molecular flexibility index (Phi) is 3.04. The van der Waals surface area contributed by atoms with Crippen molar-refractivity contribution in [3.63, 3.8) is 0 Å². The third kappa shape index (κ3) is 2.37. The van der Waals surface area contributed by atoms with Gasteiger partial charge in [-0.15, -0.1) is 0 Å². The number of halogens is 1. The van der Waals surface area contributed by atoms with Crippen molar-refractivity contribution in [2.24, 2.45) is 0 Å². The number of aryl methyl sites for hydroxylation is 2. The SMILES string of the molecule is Nc1ncnc2c1ncn2CCCn1cc(Cl)cn1. The van der Waals surface area contributed by atoms with Gasteiger partial charge in [-0.25, -0.2) is 15.0 Å². The molecule has 0 bridgehead atoms. The summed E-state index contributed by atoms with van der Waals surface area (Å²) >= 11 is 5.81. The van der Waals surface area contributed by atoms with Crippen molar-refractivity contribution in [3.8, 4) is 0 Å². The van der Waals surface area contributed by atoms with E-state index in [0.29, 0.717) is 16.4 Å². The van der Waals surface area contributed by atoms with E-state index in [1.807, 2.05) is 9.25 Å². The molecule has 3 heterocycles. The first-order valence-corrected chi connectivity index (χ1v) is 6.21. The molecule has 0 saturated carbocycles. The molecular weight excluding hydrogens is 266 g/mol. The van der Waals surface area contributed by atoms with Crippen molar-refractivity contribution in [1.82, 2.24) is 29.3 Å². The van der Waals surface area contributed by atoms with Crippen molar-refractivity contribution >= 4 is 28.6 Å². The van der Waals surface area contributed by atoms with E-state index in [1.165, 1.54) is 6.33 Å². The summed E-state index contributed by atoms with van der Waals surface area (Å²) in [5, 5.41) is 4.77. The predicted octanol–water partition coefficient (Wildman–Crippen LogP) is 1.35. The van der Waals surface area contributed by atoms with Crippen LogP contribution >= 0.6 is 11.6 Å². The van der Waals surface area contributed by atoms with Crippen LogP contribution in [-0.2, 0) is 13.1 Å². The van der Waals surface area contributed by atoms with E-state index in [-0.39, 0.29) is 0 Å². The van der Waals surface area contributed by atoms with Crippen LogP contribution in [0.15, 0.2) is 25.0 Å². The molecule has 8 heteroatoms. The molecule has 0 fully saturated rings. The van der Waals surface area contributed by atoms with Gasteiger partial charge in [-0.1, -0.05) is 11.6 Å². The summed E-state index contributed by atoms with van der Waals surface area (Å²) in [4.78, 5) is 12.3. The van der Waals surface area contributed by atoms with Crippen LogP contribution in [0.25, 0.3) is 11.2 Å². The van der Waals surface area contributed by atoms with Crippen LogP contribution in [0.2, 0.25) is 5.02 Å². The van der Waals surface area contributed by atoms with E-state index in [2.05, 4.69) is 20.1 Å². The van der Waals surface area contributed by atoms with E-state index in [4.69, 9.17) is 17.3 Å². The first kappa shape index (κ1) is 11.9. The number of aromatic nitrogens is 6. The summed E-state index contributed by atoms with van der Waals surface area (Å²) in [5.74, 6) is 0.405. The van der Waals surface area contributed by atoms with Gasteiger partial charge in [0.05, 0.1) is 17.5 Å². The number of hydrogen-bond donors (Lipinski definition) is 1. The molecule has 3 aromatic heterocycles. The Bertz CT molecular complexity index is 702. The molecule has 3 aromatic rings. The molecule has 19 heavy (non-hydrogen) atoms. The first-order valence-electron chi connectivity index (χ1n) is 5.83. The maximum absolute atomic E-state index is 5.81. The summed E-state index contributed by atoms with van der Waals surface area (Å²) in [7, 11) is 0. The topological polar surface area (TPSA) is 87.4 Å².